The van der Waals surface area contributed by atoms with Crippen LogP contribution in [0, 0.1) is 0 Å². The van der Waals surface area contributed by atoms with Gasteiger partial charge < -0.3 is 4.98 Å². The van der Waals surface area contributed by atoms with Gasteiger partial charge in [0.1, 0.15) is 11.6 Å². The van der Waals surface area contributed by atoms with Crippen molar-refractivity contribution in [3.8, 4) is 0 Å². The number of hydrogen-bond acceptors (Lipinski definition) is 2. The summed E-state index contributed by atoms with van der Waals surface area (Å²) in [4.78, 5) is 19.0. The van der Waals surface area contributed by atoms with Gasteiger partial charge in [0.25, 0.3) is 0 Å². The van der Waals surface area contributed by atoms with Crippen molar-refractivity contribution >= 4 is 5.78 Å². The van der Waals surface area contributed by atoms with Crippen molar-refractivity contribution in [1.29, 1.82) is 0 Å². The second kappa shape index (κ2) is 3.95. The van der Waals surface area contributed by atoms with Crippen molar-refractivity contribution in [1.82, 2.24) is 9.97 Å². The molecule has 1 aliphatic carbocycles. The third-order valence-corrected chi connectivity index (χ3v) is 2.76. The van der Waals surface area contributed by atoms with Gasteiger partial charge in [-0.1, -0.05) is 6.92 Å². The van der Waals surface area contributed by atoms with Gasteiger partial charge in [0, 0.05) is 12.1 Å². The highest BCUT2D eigenvalue weighted by Crippen LogP contribution is 2.18. The van der Waals surface area contributed by atoms with E-state index >= 15 is 0 Å². The lowest BCUT2D eigenvalue weighted by Gasteiger charge is -2.07. The number of rotatable bonds is 3. The molecule has 1 aliphatic rings. The Bertz CT molecular complexity index is 318. The Hall–Kier alpha value is -1.12. The number of Topliss-reactive ketones (excluding diaryl/α,β-unsaturated/α-hetero) is 1. The largest absolute Gasteiger partial charge is 0.345 e. The number of nitrogens with one attached hydrogen (secondary N) is 1. The monoisotopic (exact) mass is 192 g/mol. The standard InChI is InChI=1S/C11H16N2O/c1-2-8(14)7-11-12-9-5-3-4-6-10(9)13-11/h2-7H2,1H3,(H,12,13). The predicted molar refractivity (Wildman–Crippen MR) is 54.2 cm³/mol. The third kappa shape index (κ3) is 1.86. The first-order valence-corrected chi connectivity index (χ1v) is 5.38. The SMILES string of the molecule is CCC(=O)Cc1nc2c([nH]1)CCCC2. The number of ketones is 1. The van der Waals surface area contributed by atoms with Crippen molar-refractivity contribution in [2.24, 2.45) is 0 Å². The number of carbonyl (C=O) groups excluding carboxylic acids is 1. The molecule has 14 heavy (non-hydrogen) atoms. The number of aromatic amines is 1. The zero-order valence-electron chi connectivity index (χ0n) is 8.60. The summed E-state index contributed by atoms with van der Waals surface area (Å²) in [5.74, 6) is 1.12. The van der Waals surface area contributed by atoms with E-state index in [1.54, 1.807) is 0 Å². The summed E-state index contributed by atoms with van der Waals surface area (Å²) in [6.07, 6.45) is 5.74. The van der Waals surface area contributed by atoms with Crippen molar-refractivity contribution in [2.75, 3.05) is 0 Å². The van der Waals surface area contributed by atoms with E-state index in [0.29, 0.717) is 12.8 Å². The zero-order chi connectivity index (χ0) is 9.97. The molecule has 1 heterocycles. The molecule has 1 aromatic heterocycles. The summed E-state index contributed by atoms with van der Waals surface area (Å²) in [5.41, 5.74) is 2.45. The van der Waals surface area contributed by atoms with Crippen LogP contribution in [0.3, 0.4) is 0 Å². The molecule has 0 unspecified atom stereocenters. The molecular weight excluding hydrogens is 176 g/mol. The minimum Gasteiger partial charge on any atom is -0.345 e. The number of imidazole rings is 1. The molecule has 76 valence electrons. The zero-order valence-corrected chi connectivity index (χ0v) is 8.60. The quantitative estimate of drug-likeness (QED) is 0.793. The van der Waals surface area contributed by atoms with Crippen molar-refractivity contribution in [3.05, 3.63) is 17.2 Å². The first-order chi connectivity index (χ1) is 6.79. The average molecular weight is 192 g/mol. The molecule has 0 amide bonds. The Morgan fingerprint density at radius 3 is 2.93 bits per heavy atom. The molecule has 0 saturated carbocycles. The number of carbonyl (C=O) groups is 1. The Morgan fingerprint density at radius 1 is 1.43 bits per heavy atom. The van der Waals surface area contributed by atoms with Gasteiger partial charge in [-0.2, -0.15) is 0 Å². The van der Waals surface area contributed by atoms with E-state index in [1.807, 2.05) is 6.92 Å². The van der Waals surface area contributed by atoms with Gasteiger partial charge in [-0.25, -0.2) is 4.98 Å². The lowest BCUT2D eigenvalue weighted by molar-refractivity contribution is -0.118. The normalized spacial score (nSPS) is 15.2. The highest BCUT2D eigenvalue weighted by molar-refractivity contribution is 5.79. The minimum absolute atomic E-state index is 0.260. The Morgan fingerprint density at radius 2 is 2.21 bits per heavy atom. The summed E-state index contributed by atoms with van der Waals surface area (Å²) >= 11 is 0. The van der Waals surface area contributed by atoms with Crippen LogP contribution in [0.2, 0.25) is 0 Å². The molecule has 0 bridgehead atoms. The lowest BCUT2D eigenvalue weighted by Crippen LogP contribution is -2.02. The maximum absolute atomic E-state index is 11.2. The number of aromatic nitrogens is 2. The van der Waals surface area contributed by atoms with Crippen LogP contribution in [0.4, 0.5) is 0 Å². The molecule has 0 saturated heterocycles. The van der Waals surface area contributed by atoms with Crippen molar-refractivity contribution in [2.45, 2.75) is 45.4 Å². The van der Waals surface area contributed by atoms with Gasteiger partial charge in [0.15, 0.2) is 0 Å². The second-order valence-electron chi connectivity index (χ2n) is 3.88. The Labute approximate surface area is 83.9 Å². The van der Waals surface area contributed by atoms with E-state index in [1.165, 1.54) is 24.2 Å². The molecule has 1 N–H and O–H groups in total. The van der Waals surface area contributed by atoms with Gasteiger partial charge in [-0.05, 0) is 25.7 Å². The first kappa shape index (κ1) is 9.44. The van der Waals surface area contributed by atoms with Gasteiger partial charge in [0.2, 0.25) is 0 Å². The predicted octanol–water partition coefficient (Wildman–Crippen LogP) is 1.81. The van der Waals surface area contributed by atoms with Crippen LogP contribution in [-0.2, 0) is 24.1 Å². The smallest absolute Gasteiger partial charge is 0.140 e. The van der Waals surface area contributed by atoms with E-state index in [0.717, 1.165) is 18.7 Å². The molecule has 0 spiro atoms. The van der Waals surface area contributed by atoms with Crippen LogP contribution >= 0.6 is 0 Å². The fourth-order valence-electron chi connectivity index (χ4n) is 1.91. The number of H-pyrrole nitrogens is 1. The van der Waals surface area contributed by atoms with Crippen LogP contribution in [0.25, 0.3) is 0 Å². The number of aryl methyl sites for hydroxylation is 2. The van der Waals surface area contributed by atoms with Crippen LogP contribution in [0.15, 0.2) is 0 Å². The Kier molecular flexibility index (Phi) is 2.66. The summed E-state index contributed by atoms with van der Waals surface area (Å²) in [6, 6.07) is 0. The number of nitrogens with zero attached hydrogens (tertiary/aromatic N) is 1. The molecule has 0 radical (unpaired) electrons. The number of hydrogen-bond donors (Lipinski definition) is 1. The molecule has 0 aliphatic heterocycles. The molecule has 2 rings (SSSR count). The average Bonchev–Trinajstić information content (AvgIpc) is 2.59. The van der Waals surface area contributed by atoms with Gasteiger partial charge in [-0.3, -0.25) is 4.79 Å². The second-order valence-corrected chi connectivity index (χ2v) is 3.88. The van der Waals surface area contributed by atoms with Crippen LogP contribution in [0.1, 0.15) is 43.4 Å². The van der Waals surface area contributed by atoms with Crippen molar-refractivity contribution < 1.29 is 4.79 Å². The third-order valence-electron chi connectivity index (χ3n) is 2.76. The van der Waals surface area contributed by atoms with Gasteiger partial charge >= 0.3 is 0 Å². The molecule has 0 aromatic carbocycles. The van der Waals surface area contributed by atoms with Crippen LogP contribution in [-0.4, -0.2) is 15.8 Å². The van der Waals surface area contributed by atoms with Crippen LogP contribution < -0.4 is 0 Å². The highest BCUT2D eigenvalue weighted by Gasteiger charge is 2.15. The van der Waals surface area contributed by atoms with E-state index < -0.39 is 0 Å². The van der Waals surface area contributed by atoms with E-state index in [2.05, 4.69) is 9.97 Å². The van der Waals surface area contributed by atoms with E-state index in [9.17, 15) is 4.79 Å². The lowest BCUT2D eigenvalue weighted by atomic mass is 10.0. The van der Waals surface area contributed by atoms with Gasteiger partial charge in [0.05, 0.1) is 12.1 Å². The fraction of sp³-hybridized carbons (Fsp3) is 0.636. The summed E-state index contributed by atoms with van der Waals surface area (Å²) in [7, 11) is 0. The fourth-order valence-corrected chi connectivity index (χ4v) is 1.91. The summed E-state index contributed by atoms with van der Waals surface area (Å²) < 4.78 is 0. The topological polar surface area (TPSA) is 45.8 Å². The minimum atomic E-state index is 0.260. The molecule has 3 heteroatoms. The maximum Gasteiger partial charge on any atom is 0.140 e. The van der Waals surface area contributed by atoms with Crippen LogP contribution in [0.5, 0.6) is 0 Å². The summed E-state index contributed by atoms with van der Waals surface area (Å²) in [6.45, 7) is 1.89. The molecule has 1 aromatic rings. The molecule has 0 atom stereocenters. The van der Waals surface area contributed by atoms with Gasteiger partial charge in [-0.15, -0.1) is 0 Å². The molecule has 3 nitrogen and oxygen atoms in total. The highest BCUT2D eigenvalue weighted by atomic mass is 16.1. The molecular formula is C11H16N2O. The summed E-state index contributed by atoms with van der Waals surface area (Å²) in [5, 5.41) is 0. The Balaban J connectivity index is 2.12. The first-order valence-electron chi connectivity index (χ1n) is 5.38. The number of fused-ring (bicyclic) bond motifs is 1. The molecule has 0 fully saturated rings. The van der Waals surface area contributed by atoms with E-state index in [-0.39, 0.29) is 5.78 Å². The van der Waals surface area contributed by atoms with E-state index in [4.69, 9.17) is 0 Å². The van der Waals surface area contributed by atoms with Crippen molar-refractivity contribution in [3.63, 3.8) is 0 Å². The maximum atomic E-state index is 11.2.